The van der Waals surface area contributed by atoms with Gasteiger partial charge in [0.25, 0.3) is 0 Å². The minimum absolute atomic E-state index is 0.164. The Labute approximate surface area is 135 Å². The summed E-state index contributed by atoms with van der Waals surface area (Å²) in [5.74, 6) is -1.11. The van der Waals surface area contributed by atoms with E-state index >= 15 is 0 Å². The van der Waals surface area contributed by atoms with E-state index < -0.39 is 17.8 Å². The van der Waals surface area contributed by atoms with E-state index in [0.717, 1.165) is 0 Å². The molecule has 0 aliphatic rings. The zero-order valence-corrected chi connectivity index (χ0v) is 14.3. The Balaban J connectivity index is 2.74. The van der Waals surface area contributed by atoms with Gasteiger partial charge in [0.1, 0.15) is 11.9 Å². The molecule has 0 heterocycles. The third-order valence-electron chi connectivity index (χ3n) is 3.06. The molecule has 0 aliphatic heterocycles. The molecule has 2 amide bonds. The van der Waals surface area contributed by atoms with E-state index in [1.807, 2.05) is 20.8 Å². The molecule has 0 radical (unpaired) electrons. The number of anilines is 1. The quantitative estimate of drug-likeness (QED) is 0.886. The second-order valence-electron chi connectivity index (χ2n) is 6.55. The minimum Gasteiger partial charge on any atom is -0.345 e. The number of hydrogen-bond acceptors (Lipinski definition) is 2. The van der Waals surface area contributed by atoms with Crippen LogP contribution in [0.4, 0.5) is 10.1 Å². The van der Waals surface area contributed by atoms with Crippen LogP contribution in [0.25, 0.3) is 0 Å². The molecule has 0 fully saturated rings. The summed E-state index contributed by atoms with van der Waals surface area (Å²) in [6, 6.07) is 1.87. The SMILES string of the molecule is Cc1c(F)ccc(Cl)c1NC(=O)C(C)NC(=O)CC(C)(C)C. The molecule has 0 saturated carbocycles. The van der Waals surface area contributed by atoms with Gasteiger partial charge in [-0.25, -0.2) is 4.39 Å². The van der Waals surface area contributed by atoms with Crippen molar-refractivity contribution in [1.29, 1.82) is 0 Å². The number of amides is 2. The summed E-state index contributed by atoms with van der Waals surface area (Å²) in [5, 5.41) is 5.43. The molecule has 0 bridgehead atoms. The van der Waals surface area contributed by atoms with Gasteiger partial charge >= 0.3 is 0 Å². The van der Waals surface area contributed by atoms with Crippen molar-refractivity contribution in [1.82, 2.24) is 5.32 Å². The number of nitrogens with one attached hydrogen (secondary N) is 2. The molecular weight excluding hydrogens is 307 g/mol. The molecule has 22 heavy (non-hydrogen) atoms. The van der Waals surface area contributed by atoms with Crippen LogP contribution >= 0.6 is 11.6 Å². The summed E-state index contributed by atoms with van der Waals surface area (Å²) in [6.45, 7) is 8.91. The Morgan fingerprint density at radius 2 is 1.91 bits per heavy atom. The maximum absolute atomic E-state index is 13.5. The number of rotatable bonds is 4. The van der Waals surface area contributed by atoms with Crippen molar-refractivity contribution in [2.75, 3.05) is 5.32 Å². The molecule has 6 heteroatoms. The van der Waals surface area contributed by atoms with Crippen molar-refractivity contribution in [3.05, 3.63) is 28.5 Å². The van der Waals surface area contributed by atoms with Crippen molar-refractivity contribution < 1.29 is 14.0 Å². The van der Waals surface area contributed by atoms with Crippen molar-refractivity contribution in [3.63, 3.8) is 0 Å². The topological polar surface area (TPSA) is 58.2 Å². The molecule has 1 aromatic rings. The molecule has 0 aliphatic carbocycles. The van der Waals surface area contributed by atoms with Crippen LogP contribution in [-0.2, 0) is 9.59 Å². The van der Waals surface area contributed by atoms with Gasteiger partial charge in [-0.15, -0.1) is 0 Å². The van der Waals surface area contributed by atoms with Gasteiger partial charge in [0, 0.05) is 12.0 Å². The van der Waals surface area contributed by atoms with Crippen LogP contribution < -0.4 is 10.6 Å². The number of hydrogen-bond donors (Lipinski definition) is 2. The van der Waals surface area contributed by atoms with Gasteiger partial charge in [-0.3, -0.25) is 9.59 Å². The maximum Gasteiger partial charge on any atom is 0.246 e. The minimum atomic E-state index is -0.742. The Kier molecular flexibility index (Phi) is 5.94. The highest BCUT2D eigenvalue weighted by atomic mass is 35.5. The molecule has 2 N–H and O–H groups in total. The van der Waals surface area contributed by atoms with Crippen molar-refractivity contribution >= 4 is 29.1 Å². The van der Waals surface area contributed by atoms with Crippen LogP contribution in [0.1, 0.15) is 39.7 Å². The fourth-order valence-corrected chi connectivity index (χ4v) is 2.13. The molecule has 0 saturated heterocycles. The molecule has 0 aromatic heterocycles. The van der Waals surface area contributed by atoms with Crippen molar-refractivity contribution in [3.8, 4) is 0 Å². The molecule has 122 valence electrons. The Hall–Kier alpha value is -1.62. The van der Waals surface area contributed by atoms with Crippen molar-refractivity contribution in [2.45, 2.75) is 47.1 Å². The highest BCUT2D eigenvalue weighted by molar-refractivity contribution is 6.34. The highest BCUT2D eigenvalue weighted by Crippen LogP contribution is 2.27. The lowest BCUT2D eigenvalue weighted by Gasteiger charge is -2.20. The molecule has 1 unspecified atom stereocenters. The molecule has 0 spiro atoms. The number of carbonyl (C=O) groups excluding carboxylic acids is 2. The molecule has 1 aromatic carbocycles. The molecule has 4 nitrogen and oxygen atoms in total. The fourth-order valence-electron chi connectivity index (χ4n) is 1.88. The van der Waals surface area contributed by atoms with E-state index in [4.69, 9.17) is 11.6 Å². The predicted octanol–water partition coefficient (Wildman–Crippen LogP) is 3.67. The van der Waals surface area contributed by atoms with Crippen molar-refractivity contribution in [2.24, 2.45) is 5.41 Å². The van der Waals surface area contributed by atoms with Gasteiger partial charge in [0.15, 0.2) is 0 Å². The summed E-state index contributed by atoms with van der Waals surface area (Å²) in [6.07, 6.45) is 0.310. The summed E-state index contributed by atoms with van der Waals surface area (Å²) >= 11 is 5.97. The predicted molar refractivity (Wildman–Crippen MR) is 86.5 cm³/mol. The van der Waals surface area contributed by atoms with Gasteiger partial charge in [-0.2, -0.15) is 0 Å². The number of benzene rings is 1. The van der Waals surface area contributed by atoms with Gasteiger partial charge < -0.3 is 10.6 Å². The zero-order chi connectivity index (χ0) is 17.1. The highest BCUT2D eigenvalue weighted by Gasteiger charge is 2.21. The third-order valence-corrected chi connectivity index (χ3v) is 3.37. The first-order chi connectivity index (χ1) is 10.0. The van der Waals surface area contributed by atoms with E-state index in [0.29, 0.717) is 6.42 Å². The van der Waals surface area contributed by atoms with Crippen LogP contribution in [0, 0.1) is 18.2 Å². The first-order valence-corrected chi connectivity index (χ1v) is 7.44. The molecule has 1 rings (SSSR count). The van der Waals surface area contributed by atoms with Crippen LogP contribution in [0.2, 0.25) is 5.02 Å². The Morgan fingerprint density at radius 3 is 2.45 bits per heavy atom. The van der Waals surface area contributed by atoms with Crippen LogP contribution in [0.5, 0.6) is 0 Å². The van der Waals surface area contributed by atoms with Gasteiger partial charge in [-0.1, -0.05) is 32.4 Å². The number of carbonyl (C=O) groups is 2. The summed E-state index contributed by atoms with van der Waals surface area (Å²) < 4.78 is 13.5. The number of halogens is 2. The summed E-state index contributed by atoms with van der Waals surface area (Å²) in [7, 11) is 0. The largest absolute Gasteiger partial charge is 0.345 e. The zero-order valence-electron chi connectivity index (χ0n) is 13.5. The van der Waals surface area contributed by atoms with Gasteiger partial charge in [0.2, 0.25) is 11.8 Å². The van der Waals surface area contributed by atoms with E-state index in [-0.39, 0.29) is 27.6 Å². The first-order valence-electron chi connectivity index (χ1n) is 7.06. The van der Waals surface area contributed by atoms with E-state index in [1.165, 1.54) is 19.1 Å². The van der Waals surface area contributed by atoms with E-state index in [9.17, 15) is 14.0 Å². The average Bonchev–Trinajstić information content (AvgIpc) is 2.36. The normalized spacial score (nSPS) is 12.7. The lowest BCUT2D eigenvalue weighted by molar-refractivity contribution is -0.127. The summed E-state index contributed by atoms with van der Waals surface area (Å²) in [5.41, 5.74) is 0.320. The van der Waals surface area contributed by atoms with E-state index in [2.05, 4.69) is 10.6 Å². The molecular formula is C16H22ClFN2O2. The van der Waals surface area contributed by atoms with Gasteiger partial charge in [-0.05, 0) is 31.4 Å². The molecule has 1 atom stereocenters. The monoisotopic (exact) mass is 328 g/mol. The maximum atomic E-state index is 13.5. The van der Waals surface area contributed by atoms with Gasteiger partial charge in [0.05, 0.1) is 10.7 Å². The lowest BCUT2D eigenvalue weighted by atomic mass is 9.92. The fraction of sp³-hybridized carbons (Fsp3) is 0.500. The lowest BCUT2D eigenvalue weighted by Crippen LogP contribution is -2.42. The standard InChI is InChI=1S/C16H22ClFN2O2/c1-9-12(18)7-6-11(17)14(9)20-15(22)10(2)19-13(21)8-16(3,4)5/h6-7,10H,8H2,1-5H3,(H,19,21)(H,20,22). The first kappa shape index (κ1) is 18.4. The second kappa shape index (κ2) is 7.09. The second-order valence-corrected chi connectivity index (χ2v) is 6.95. The van der Waals surface area contributed by atoms with Crippen LogP contribution in [-0.4, -0.2) is 17.9 Å². The smallest absolute Gasteiger partial charge is 0.246 e. The Bertz CT molecular complexity index is 582. The summed E-state index contributed by atoms with van der Waals surface area (Å²) in [4.78, 5) is 24.0. The van der Waals surface area contributed by atoms with E-state index in [1.54, 1.807) is 6.92 Å². The van der Waals surface area contributed by atoms with Crippen LogP contribution in [0.3, 0.4) is 0 Å². The third kappa shape index (κ3) is 5.30. The Morgan fingerprint density at radius 1 is 1.32 bits per heavy atom. The van der Waals surface area contributed by atoms with Crippen LogP contribution in [0.15, 0.2) is 12.1 Å². The average molecular weight is 329 g/mol.